The van der Waals surface area contributed by atoms with E-state index in [0.29, 0.717) is 24.0 Å². The van der Waals surface area contributed by atoms with Gasteiger partial charge in [0.15, 0.2) is 11.4 Å². The highest BCUT2D eigenvalue weighted by atomic mass is 16.6. The van der Waals surface area contributed by atoms with Crippen molar-refractivity contribution in [1.82, 2.24) is 4.98 Å². The van der Waals surface area contributed by atoms with E-state index in [0.717, 1.165) is 27.7 Å². The molecule has 144 valence electrons. The fourth-order valence-corrected chi connectivity index (χ4v) is 4.14. The van der Waals surface area contributed by atoms with Crippen LogP contribution in [0.5, 0.6) is 0 Å². The Kier molecular flexibility index (Phi) is 4.63. The first-order chi connectivity index (χ1) is 13.5. The largest absolute Gasteiger partial charge is 0.458 e. The van der Waals surface area contributed by atoms with E-state index in [9.17, 15) is 9.59 Å². The highest BCUT2D eigenvalue weighted by Gasteiger charge is 2.47. The van der Waals surface area contributed by atoms with E-state index < -0.39 is 11.6 Å². The molecular weight excluding hydrogens is 354 g/mol. The number of hydrogen-bond donors (Lipinski definition) is 0. The zero-order valence-corrected chi connectivity index (χ0v) is 16.4. The molecule has 0 bridgehead atoms. The van der Waals surface area contributed by atoms with Crippen molar-refractivity contribution < 1.29 is 19.1 Å². The van der Waals surface area contributed by atoms with E-state index >= 15 is 0 Å². The average Bonchev–Trinajstić information content (AvgIpc) is 2.73. The average molecular weight is 377 g/mol. The van der Waals surface area contributed by atoms with Crippen LogP contribution in [0, 0.1) is 0 Å². The summed E-state index contributed by atoms with van der Waals surface area (Å²) in [6, 6.07) is 9.96. The summed E-state index contributed by atoms with van der Waals surface area (Å²) in [6.45, 7) is 3.85. The molecule has 1 aliphatic heterocycles. The van der Waals surface area contributed by atoms with E-state index in [-0.39, 0.29) is 18.8 Å². The van der Waals surface area contributed by atoms with Gasteiger partial charge in [0.1, 0.15) is 6.61 Å². The molecule has 0 N–H and O–H groups in total. The van der Waals surface area contributed by atoms with Gasteiger partial charge in [0.05, 0.1) is 5.52 Å². The second kappa shape index (κ2) is 6.99. The third-order valence-corrected chi connectivity index (χ3v) is 5.70. The van der Waals surface area contributed by atoms with Crippen LogP contribution in [0.25, 0.3) is 10.9 Å². The Morgan fingerprint density at radius 2 is 2.00 bits per heavy atom. The molecule has 2 heterocycles. The van der Waals surface area contributed by atoms with E-state index in [1.807, 2.05) is 50.3 Å². The number of nitrogens with zero attached hydrogens (tertiary/aromatic N) is 1. The lowest BCUT2D eigenvalue weighted by atomic mass is 9.82. The highest BCUT2D eigenvalue weighted by Crippen LogP contribution is 2.37. The molecule has 1 aromatic heterocycles. The number of allylic oxidation sites excluding steroid dienone is 1. The van der Waals surface area contributed by atoms with Crippen LogP contribution in [-0.2, 0) is 31.9 Å². The molecule has 1 aliphatic carbocycles. The van der Waals surface area contributed by atoms with Gasteiger partial charge in [0, 0.05) is 42.2 Å². The van der Waals surface area contributed by atoms with Crippen molar-refractivity contribution in [2.75, 3.05) is 13.7 Å². The highest BCUT2D eigenvalue weighted by molar-refractivity contribution is 6.02. The summed E-state index contributed by atoms with van der Waals surface area (Å²) in [4.78, 5) is 30.6. The van der Waals surface area contributed by atoms with Gasteiger partial charge in [-0.1, -0.05) is 36.8 Å². The standard InChI is InChI=1S/C23H23NO4/c1-4-23(27-3)18-9-14(2)10-20-16(11-15-7-5-6-8-19(15)24-20)12-21(25)17(18)13-28-22(23)26/h5-9,11H,4,10,12-13H2,1-3H3/b14-9+. The van der Waals surface area contributed by atoms with Crippen molar-refractivity contribution >= 4 is 22.7 Å². The van der Waals surface area contributed by atoms with Crippen LogP contribution in [0.2, 0.25) is 0 Å². The molecule has 0 fully saturated rings. The zero-order chi connectivity index (χ0) is 19.9. The van der Waals surface area contributed by atoms with Crippen molar-refractivity contribution in [3.63, 3.8) is 0 Å². The van der Waals surface area contributed by atoms with Gasteiger partial charge < -0.3 is 9.47 Å². The second-order valence-electron chi connectivity index (χ2n) is 7.41. The summed E-state index contributed by atoms with van der Waals surface area (Å²) >= 11 is 0. The maximum atomic E-state index is 13.2. The van der Waals surface area contributed by atoms with Crippen LogP contribution in [0.15, 0.2) is 53.1 Å². The Morgan fingerprint density at radius 1 is 1.21 bits per heavy atom. The predicted octanol–water partition coefficient (Wildman–Crippen LogP) is 3.50. The van der Waals surface area contributed by atoms with Crippen LogP contribution < -0.4 is 0 Å². The van der Waals surface area contributed by atoms with E-state index in [1.54, 1.807) is 0 Å². The molecule has 2 aliphatic rings. The number of benzene rings is 1. The monoisotopic (exact) mass is 377 g/mol. The number of ketones is 1. The van der Waals surface area contributed by atoms with Crippen LogP contribution >= 0.6 is 0 Å². The molecule has 1 unspecified atom stereocenters. The molecule has 0 saturated heterocycles. The Labute approximate surface area is 164 Å². The molecule has 5 heteroatoms. The Morgan fingerprint density at radius 3 is 2.75 bits per heavy atom. The normalized spacial score (nSPS) is 24.5. The number of para-hydroxylation sites is 1. The maximum Gasteiger partial charge on any atom is 0.343 e. The second-order valence-corrected chi connectivity index (χ2v) is 7.41. The number of carbonyl (C=O) groups is 2. The molecule has 5 nitrogen and oxygen atoms in total. The molecule has 1 aromatic carbocycles. The number of methoxy groups -OCH3 is 1. The number of ether oxygens (including phenoxy) is 2. The molecule has 4 rings (SSSR count). The minimum absolute atomic E-state index is 0.0156. The third kappa shape index (κ3) is 2.87. The minimum atomic E-state index is -1.24. The smallest absolute Gasteiger partial charge is 0.343 e. The summed E-state index contributed by atoms with van der Waals surface area (Å²) in [5.74, 6) is -0.490. The maximum absolute atomic E-state index is 13.2. The number of fused-ring (bicyclic) bond motifs is 2. The van der Waals surface area contributed by atoms with Crippen LogP contribution in [0.1, 0.15) is 31.5 Å². The van der Waals surface area contributed by atoms with E-state index in [2.05, 4.69) is 0 Å². The summed E-state index contributed by atoms with van der Waals surface area (Å²) in [5, 5.41) is 1.01. The molecule has 28 heavy (non-hydrogen) atoms. The van der Waals surface area contributed by atoms with Crippen molar-refractivity contribution in [3.8, 4) is 0 Å². The Balaban J connectivity index is 1.90. The summed E-state index contributed by atoms with van der Waals surface area (Å²) < 4.78 is 11.0. The summed E-state index contributed by atoms with van der Waals surface area (Å²) in [5.41, 5.74) is 3.66. The number of esters is 1. The Bertz CT molecular complexity index is 1040. The van der Waals surface area contributed by atoms with E-state index in [4.69, 9.17) is 14.5 Å². The quantitative estimate of drug-likeness (QED) is 0.750. The number of carbonyl (C=O) groups excluding carboxylic acids is 2. The Hall–Kier alpha value is -2.79. The first-order valence-corrected chi connectivity index (χ1v) is 9.52. The van der Waals surface area contributed by atoms with Gasteiger partial charge in [-0.3, -0.25) is 9.78 Å². The topological polar surface area (TPSA) is 65.5 Å². The van der Waals surface area contributed by atoms with Crippen molar-refractivity contribution in [2.45, 2.75) is 38.7 Å². The lowest BCUT2D eigenvalue weighted by Gasteiger charge is -2.35. The molecular formula is C23H23NO4. The lowest BCUT2D eigenvalue weighted by Crippen LogP contribution is -2.48. The van der Waals surface area contributed by atoms with Crippen LogP contribution in [0.4, 0.5) is 0 Å². The SMILES string of the molecule is CCC1(OC)C(=O)OCC2=C1/C=C(\C)Cc1nc3ccccc3cc1CC2=O. The van der Waals surface area contributed by atoms with Gasteiger partial charge >= 0.3 is 5.97 Å². The summed E-state index contributed by atoms with van der Waals surface area (Å²) in [7, 11) is 1.49. The van der Waals surface area contributed by atoms with E-state index in [1.165, 1.54) is 7.11 Å². The fraction of sp³-hybridized carbons (Fsp3) is 0.348. The van der Waals surface area contributed by atoms with Gasteiger partial charge in [-0.15, -0.1) is 0 Å². The number of Topliss-reactive ketones (excluding diaryl/α,β-unsaturated/α-hetero) is 1. The van der Waals surface area contributed by atoms with Gasteiger partial charge in [0.2, 0.25) is 0 Å². The number of cyclic esters (lactones) is 1. The number of pyridine rings is 1. The predicted molar refractivity (Wildman–Crippen MR) is 106 cm³/mol. The van der Waals surface area contributed by atoms with Gasteiger partial charge in [-0.05, 0) is 31.0 Å². The first-order valence-electron chi connectivity index (χ1n) is 9.52. The molecule has 2 aromatic rings. The van der Waals surface area contributed by atoms with Gasteiger partial charge in [-0.25, -0.2) is 4.79 Å². The number of rotatable bonds is 2. The van der Waals surface area contributed by atoms with Crippen molar-refractivity contribution in [2.24, 2.45) is 0 Å². The van der Waals surface area contributed by atoms with Gasteiger partial charge in [0.25, 0.3) is 0 Å². The molecule has 0 radical (unpaired) electrons. The van der Waals surface area contributed by atoms with Crippen molar-refractivity contribution in [3.05, 3.63) is 64.4 Å². The molecule has 1 atom stereocenters. The minimum Gasteiger partial charge on any atom is -0.458 e. The van der Waals surface area contributed by atoms with Gasteiger partial charge in [-0.2, -0.15) is 0 Å². The van der Waals surface area contributed by atoms with Crippen LogP contribution in [-0.4, -0.2) is 36.1 Å². The van der Waals surface area contributed by atoms with Crippen molar-refractivity contribution in [1.29, 1.82) is 0 Å². The summed E-state index contributed by atoms with van der Waals surface area (Å²) in [6.07, 6.45) is 3.16. The third-order valence-electron chi connectivity index (χ3n) is 5.70. The molecule has 0 spiro atoms. The first kappa shape index (κ1) is 18.6. The fourth-order valence-electron chi connectivity index (χ4n) is 4.14. The van der Waals surface area contributed by atoms with Crippen LogP contribution in [0.3, 0.4) is 0 Å². The molecule has 0 saturated carbocycles. The zero-order valence-electron chi connectivity index (χ0n) is 16.4. The lowest BCUT2D eigenvalue weighted by molar-refractivity contribution is -0.166. The number of hydrogen-bond acceptors (Lipinski definition) is 5. The molecule has 0 amide bonds. The number of aromatic nitrogens is 1.